The fraction of sp³-hybridized carbons (Fsp3) is 0.600. The van der Waals surface area contributed by atoms with Gasteiger partial charge in [-0.2, -0.15) is 0 Å². The van der Waals surface area contributed by atoms with Crippen molar-refractivity contribution in [3.05, 3.63) is 22.8 Å². The highest BCUT2D eigenvalue weighted by Crippen LogP contribution is 2.17. The maximum absolute atomic E-state index is 12.0. The van der Waals surface area contributed by atoms with E-state index in [0.717, 1.165) is 13.0 Å². The van der Waals surface area contributed by atoms with E-state index in [1.807, 2.05) is 0 Å². The monoisotopic (exact) mass is 310 g/mol. The third-order valence-corrected chi connectivity index (χ3v) is 4.27. The first-order valence-electron chi connectivity index (χ1n) is 7.51. The third kappa shape index (κ3) is 4.58. The van der Waals surface area contributed by atoms with Gasteiger partial charge in [0.2, 0.25) is 0 Å². The zero-order chi connectivity index (χ0) is 15.2. The number of aromatic nitrogens is 1. The topological polar surface area (TPSA) is 71.2 Å². The fourth-order valence-corrected chi connectivity index (χ4v) is 2.89. The summed E-state index contributed by atoms with van der Waals surface area (Å²) in [5.41, 5.74) is 5.96. The number of nitrogens with one attached hydrogen (secondary N) is 1. The molecule has 1 aromatic rings. The lowest BCUT2D eigenvalue weighted by molar-refractivity contribution is 0.0949. The number of hydrogen-bond acceptors (Lipinski definition) is 4. The summed E-state index contributed by atoms with van der Waals surface area (Å²) in [4.78, 5) is 18.4. The molecule has 2 rings (SSSR count). The largest absolute Gasteiger partial charge is 0.384 e. The number of carbonyl (C=O) groups is 1. The van der Waals surface area contributed by atoms with Crippen molar-refractivity contribution in [2.45, 2.75) is 38.6 Å². The molecule has 0 aliphatic carbocycles. The molecule has 0 bridgehead atoms. The molecular formula is C15H23ClN4O. The molecule has 0 radical (unpaired) electrons. The number of rotatable bonds is 5. The minimum absolute atomic E-state index is 0.194. The van der Waals surface area contributed by atoms with Crippen LogP contribution in [-0.4, -0.2) is 41.5 Å². The predicted octanol–water partition coefficient (Wildman–Crippen LogP) is 2.31. The first-order chi connectivity index (χ1) is 10.1. The molecular weight excluding hydrogens is 288 g/mol. The van der Waals surface area contributed by atoms with E-state index in [-0.39, 0.29) is 5.91 Å². The highest BCUT2D eigenvalue weighted by Gasteiger charge is 2.17. The Balaban J connectivity index is 1.75. The van der Waals surface area contributed by atoms with E-state index in [2.05, 4.69) is 22.1 Å². The van der Waals surface area contributed by atoms with Crippen molar-refractivity contribution < 1.29 is 4.79 Å². The normalized spacial score (nSPS) is 19.4. The van der Waals surface area contributed by atoms with Gasteiger partial charge in [-0.15, -0.1) is 0 Å². The van der Waals surface area contributed by atoms with E-state index < -0.39 is 0 Å². The minimum atomic E-state index is -0.194. The Morgan fingerprint density at radius 3 is 3.14 bits per heavy atom. The standard InChI is InChI=1S/C15H23ClN4O/c1-11-5-2-3-7-20(11)8-4-6-18-15(21)12-9-14(17)19-10-13(12)16/h9-11H,2-8H2,1H3,(H2,17,19)(H,18,21). The number of amides is 1. The summed E-state index contributed by atoms with van der Waals surface area (Å²) in [6.07, 6.45) is 6.23. The van der Waals surface area contributed by atoms with E-state index in [9.17, 15) is 4.79 Å². The van der Waals surface area contributed by atoms with Gasteiger partial charge in [0.15, 0.2) is 0 Å². The van der Waals surface area contributed by atoms with Gasteiger partial charge in [-0.05, 0) is 38.8 Å². The molecule has 21 heavy (non-hydrogen) atoms. The number of nitrogens with two attached hydrogens (primary N) is 1. The number of pyridine rings is 1. The van der Waals surface area contributed by atoms with Crippen LogP contribution in [0.1, 0.15) is 43.0 Å². The van der Waals surface area contributed by atoms with Gasteiger partial charge in [0.1, 0.15) is 5.82 Å². The Morgan fingerprint density at radius 1 is 1.57 bits per heavy atom. The van der Waals surface area contributed by atoms with Crippen molar-refractivity contribution in [2.75, 3.05) is 25.4 Å². The van der Waals surface area contributed by atoms with Gasteiger partial charge in [-0.1, -0.05) is 18.0 Å². The zero-order valence-electron chi connectivity index (χ0n) is 12.4. The van der Waals surface area contributed by atoms with Gasteiger partial charge >= 0.3 is 0 Å². The van der Waals surface area contributed by atoms with Crippen molar-refractivity contribution in [3.8, 4) is 0 Å². The molecule has 3 N–H and O–H groups in total. The van der Waals surface area contributed by atoms with Crippen LogP contribution in [0.25, 0.3) is 0 Å². The van der Waals surface area contributed by atoms with Crippen LogP contribution in [0.4, 0.5) is 5.82 Å². The fourth-order valence-electron chi connectivity index (χ4n) is 2.70. The van der Waals surface area contributed by atoms with Crippen LogP contribution in [0.3, 0.4) is 0 Å². The highest BCUT2D eigenvalue weighted by atomic mass is 35.5. The maximum atomic E-state index is 12.0. The SMILES string of the molecule is CC1CCCCN1CCCNC(=O)c1cc(N)ncc1Cl. The molecule has 6 heteroatoms. The quantitative estimate of drug-likeness (QED) is 0.819. The van der Waals surface area contributed by atoms with Crippen molar-refractivity contribution in [2.24, 2.45) is 0 Å². The molecule has 0 aromatic carbocycles. The molecule has 1 amide bonds. The molecule has 0 saturated carbocycles. The Hall–Kier alpha value is -1.33. The van der Waals surface area contributed by atoms with Gasteiger partial charge < -0.3 is 16.0 Å². The molecule has 1 atom stereocenters. The maximum Gasteiger partial charge on any atom is 0.252 e. The zero-order valence-corrected chi connectivity index (χ0v) is 13.2. The lowest BCUT2D eigenvalue weighted by atomic mass is 10.0. The number of nitrogen functional groups attached to an aromatic ring is 1. The molecule has 1 unspecified atom stereocenters. The van der Waals surface area contributed by atoms with Crippen molar-refractivity contribution in [3.63, 3.8) is 0 Å². The minimum Gasteiger partial charge on any atom is -0.384 e. The smallest absolute Gasteiger partial charge is 0.252 e. The average Bonchev–Trinajstić information content (AvgIpc) is 2.47. The molecule has 1 aliphatic heterocycles. The lowest BCUT2D eigenvalue weighted by Crippen LogP contribution is -2.39. The van der Waals surface area contributed by atoms with Crippen LogP contribution < -0.4 is 11.1 Å². The van der Waals surface area contributed by atoms with E-state index in [1.54, 1.807) is 0 Å². The molecule has 1 aromatic heterocycles. The number of piperidine rings is 1. The second-order valence-corrected chi connectivity index (χ2v) is 5.99. The summed E-state index contributed by atoms with van der Waals surface area (Å²) in [6, 6.07) is 2.16. The van der Waals surface area contributed by atoms with E-state index in [4.69, 9.17) is 17.3 Å². The summed E-state index contributed by atoms with van der Waals surface area (Å²) >= 11 is 5.96. The molecule has 0 spiro atoms. The number of hydrogen-bond donors (Lipinski definition) is 2. The van der Waals surface area contributed by atoms with Gasteiger partial charge in [0.25, 0.3) is 5.91 Å². The van der Waals surface area contributed by atoms with Crippen LogP contribution in [0, 0.1) is 0 Å². The van der Waals surface area contributed by atoms with Gasteiger partial charge in [0.05, 0.1) is 10.6 Å². The number of anilines is 1. The van der Waals surface area contributed by atoms with Gasteiger partial charge in [-0.3, -0.25) is 4.79 Å². The van der Waals surface area contributed by atoms with Crippen LogP contribution in [-0.2, 0) is 0 Å². The third-order valence-electron chi connectivity index (χ3n) is 3.97. The predicted molar refractivity (Wildman–Crippen MR) is 85.5 cm³/mol. The number of nitrogens with zero attached hydrogens (tertiary/aromatic N) is 2. The highest BCUT2D eigenvalue weighted by molar-refractivity contribution is 6.33. The van der Waals surface area contributed by atoms with E-state index >= 15 is 0 Å². The van der Waals surface area contributed by atoms with E-state index in [1.165, 1.54) is 38.1 Å². The summed E-state index contributed by atoms with van der Waals surface area (Å²) < 4.78 is 0. The van der Waals surface area contributed by atoms with E-state index in [0.29, 0.717) is 29.0 Å². The van der Waals surface area contributed by atoms with Gasteiger partial charge in [0, 0.05) is 25.3 Å². The second-order valence-electron chi connectivity index (χ2n) is 5.58. The first-order valence-corrected chi connectivity index (χ1v) is 7.89. The Labute approximate surface area is 130 Å². The van der Waals surface area contributed by atoms with Crippen molar-refractivity contribution in [1.29, 1.82) is 0 Å². The van der Waals surface area contributed by atoms with Gasteiger partial charge in [-0.25, -0.2) is 4.98 Å². The van der Waals surface area contributed by atoms with Crippen LogP contribution >= 0.6 is 11.6 Å². The lowest BCUT2D eigenvalue weighted by Gasteiger charge is -2.33. The summed E-state index contributed by atoms with van der Waals surface area (Å²) in [6.45, 7) is 5.10. The van der Waals surface area contributed by atoms with Crippen molar-refractivity contribution >= 4 is 23.3 Å². The van der Waals surface area contributed by atoms with Crippen molar-refractivity contribution in [1.82, 2.24) is 15.2 Å². The Morgan fingerprint density at radius 2 is 2.38 bits per heavy atom. The molecule has 1 saturated heterocycles. The first kappa shape index (κ1) is 16.0. The summed E-state index contributed by atoms with van der Waals surface area (Å²) in [5.74, 6) is 0.104. The molecule has 1 aliphatic rings. The van der Waals surface area contributed by atoms with Crippen LogP contribution in [0.15, 0.2) is 12.3 Å². The summed E-state index contributed by atoms with van der Waals surface area (Å²) in [5, 5.41) is 3.21. The Bertz CT molecular complexity index is 495. The molecule has 1 fully saturated rings. The number of carbonyl (C=O) groups excluding carboxylic acids is 1. The van der Waals surface area contributed by atoms with Crippen LogP contribution in [0.5, 0.6) is 0 Å². The molecule has 5 nitrogen and oxygen atoms in total. The average molecular weight is 311 g/mol. The summed E-state index contributed by atoms with van der Waals surface area (Å²) in [7, 11) is 0. The van der Waals surface area contributed by atoms with Crippen LogP contribution in [0.2, 0.25) is 5.02 Å². The number of halogens is 1. The second kappa shape index (κ2) is 7.61. The number of likely N-dealkylation sites (tertiary alicyclic amines) is 1. The Kier molecular flexibility index (Phi) is 5.82. The molecule has 2 heterocycles. The molecule has 116 valence electrons.